The first kappa shape index (κ1) is 21.8. The van der Waals surface area contributed by atoms with Gasteiger partial charge in [-0.1, -0.05) is 17.7 Å². The van der Waals surface area contributed by atoms with Gasteiger partial charge in [-0.3, -0.25) is 19.7 Å². The molecule has 1 heterocycles. The van der Waals surface area contributed by atoms with Crippen molar-refractivity contribution in [2.75, 3.05) is 18.1 Å². The number of barbiturate groups is 1. The van der Waals surface area contributed by atoms with E-state index >= 15 is 0 Å². The fraction of sp³-hybridized carbons (Fsp3) is 0.143. The molecule has 0 aliphatic carbocycles. The number of benzene rings is 2. The summed E-state index contributed by atoms with van der Waals surface area (Å²) in [6.07, 6.45) is 1.33. The van der Waals surface area contributed by atoms with Crippen LogP contribution in [0.4, 0.5) is 10.5 Å². The van der Waals surface area contributed by atoms with Gasteiger partial charge in [-0.25, -0.2) is 9.69 Å². The number of nitrogens with two attached hydrogens (primary N) is 1. The molecule has 1 aliphatic heterocycles. The van der Waals surface area contributed by atoms with E-state index in [4.69, 9.17) is 26.8 Å². The minimum atomic E-state index is -0.861. The molecule has 0 saturated carbocycles. The Kier molecular flexibility index (Phi) is 6.56. The molecule has 10 heteroatoms. The molecule has 5 amide bonds. The summed E-state index contributed by atoms with van der Waals surface area (Å²) in [5.41, 5.74) is 5.55. The van der Waals surface area contributed by atoms with Crippen molar-refractivity contribution >= 4 is 47.1 Å². The largest absolute Gasteiger partial charge is 0.490 e. The second-order valence-corrected chi connectivity index (χ2v) is 6.76. The lowest BCUT2D eigenvalue weighted by Gasteiger charge is -2.26. The maximum atomic E-state index is 12.9. The zero-order chi connectivity index (χ0) is 22.5. The van der Waals surface area contributed by atoms with Gasteiger partial charge >= 0.3 is 6.03 Å². The number of ether oxygens (including phenoxy) is 2. The van der Waals surface area contributed by atoms with E-state index in [1.165, 1.54) is 42.5 Å². The predicted octanol–water partition coefficient (Wildman–Crippen LogP) is 2.27. The number of halogens is 1. The van der Waals surface area contributed by atoms with Crippen LogP contribution in [0.2, 0.25) is 5.02 Å². The van der Waals surface area contributed by atoms with Crippen molar-refractivity contribution in [3.8, 4) is 11.5 Å². The Morgan fingerprint density at radius 3 is 2.45 bits per heavy atom. The molecule has 0 bridgehead atoms. The van der Waals surface area contributed by atoms with Gasteiger partial charge in [0.05, 0.1) is 12.3 Å². The zero-order valence-electron chi connectivity index (χ0n) is 16.4. The number of primary amides is 1. The van der Waals surface area contributed by atoms with Crippen LogP contribution in [0.5, 0.6) is 11.5 Å². The van der Waals surface area contributed by atoms with Crippen molar-refractivity contribution in [3.63, 3.8) is 0 Å². The Morgan fingerprint density at radius 2 is 1.81 bits per heavy atom. The van der Waals surface area contributed by atoms with E-state index in [-0.39, 0.29) is 23.6 Å². The number of hydrogen-bond acceptors (Lipinski definition) is 6. The summed E-state index contributed by atoms with van der Waals surface area (Å²) in [4.78, 5) is 49.3. The molecule has 1 fully saturated rings. The van der Waals surface area contributed by atoms with Gasteiger partial charge in [-0.2, -0.15) is 0 Å². The van der Waals surface area contributed by atoms with Crippen LogP contribution in [0.15, 0.2) is 48.0 Å². The molecule has 3 N–H and O–H groups in total. The minimum Gasteiger partial charge on any atom is -0.490 e. The van der Waals surface area contributed by atoms with Crippen LogP contribution < -0.4 is 25.4 Å². The van der Waals surface area contributed by atoms with E-state index in [9.17, 15) is 19.2 Å². The van der Waals surface area contributed by atoms with Gasteiger partial charge in [0.2, 0.25) is 0 Å². The maximum absolute atomic E-state index is 12.9. The molecule has 0 atom stereocenters. The molecule has 31 heavy (non-hydrogen) atoms. The molecule has 0 spiro atoms. The Bertz CT molecular complexity index is 1080. The van der Waals surface area contributed by atoms with Crippen LogP contribution in [-0.4, -0.2) is 37.0 Å². The first-order valence-corrected chi connectivity index (χ1v) is 9.53. The lowest BCUT2D eigenvalue weighted by atomic mass is 10.1. The summed E-state index contributed by atoms with van der Waals surface area (Å²) in [7, 11) is 0. The molecular weight excluding hydrogens is 426 g/mol. The highest BCUT2D eigenvalue weighted by molar-refractivity contribution is 6.39. The molecular formula is C21H18ClN3O6. The van der Waals surface area contributed by atoms with Gasteiger partial charge in [0, 0.05) is 5.02 Å². The number of hydrogen-bond donors (Lipinski definition) is 2. The summed E-state index contributed by atoms with van der Waals surface area (Å²) >= 11 is 5.86. The van der Waals surface area contributed by atoms with Crippen molar-refractivity contribution in [1.82, 2.24) is 5.32 Å². The average Bonchev–Trinajstić information content (AvgIpc) is 2.72. The molecule has 0 radical (unpaired) electrons. The normalized spacial score (nSPS) is 15.1. The van der Waals surface area contributed by atoms with Crippen molar-refractivity contribution in [2.24, 2.45) is 5.73 Å². The van der Waals surface area contributed by atoms with E-state index in [2.05, 4.69) is 5.32 Å². The second-order valence-electron chi connectivity index (χ2n) is 6.33. The van der Waals surface area contributed by atoms with E-state index < -0.39 is 23.8 Å². The van der Waals surface area contributed by atoms with Crippen LogP contribution in [0.1, 0.15) is 12.5 Å². The number of anilines is 1. The third-order valence-corrected chi connectivity index (χ3v) is 4.39. The number of nitrogens with one attached hydrogen (secondary N) is 1. The number of imide groups is 2. The smallest absolute Gasteiger partial charge is 0.335 e. The van der Waals surface area contributed by atoms with Crippen molar-refractivity contribution in [2.45, 2.75) is 6.92 Å². The first-order chi connectivity index (χ1) is 14.8. The molecule has 9 nitrogen and oxygen atoms in total. The number of amides is 5. The molecule has 2 aromatic carbocycles. The van der Waals surface area contributed by atoms with E-state index in [1.807, 2.05) is 0 Å². The molecule has 1 aliphatic rings. The molecule has 2 aromatic rings. The van der Waals surface area contributed by atoms with Gasteiger partial charge in [0.1, 0.15) is 5.57 Å². The SMILES string of the molecule is CCOc1cc(/C=C2\C(=O)NC(=O)N(c3ccc(Cl)cc3)C2=O)ccc1OCC(N)=O. The molecule has 1 saturated heterocycles. The van der Waals surface area contributed by atoms with Gasteiger partial charge in [-0.15, -0.1) is 0 Å². The van der Waals surface area contributed by atoms with E-state index in [0.29, 0.717) is 22.9 Å². The summed E-state index contributed by atoms with van der Waals surface area (Å²) in [5, 5.41) is 2.58. The van der Waals surface area contributed by atoms with Crippen LogP contribution >= 0.6 is 11.6 Å². The zero-order valence-corrected chi connectivity index (χ0v) is 17.1. The second kappa shape index (κ2) is 9.31. The van der Waals surface area contributed by atoms with Crippen molar-refractivity contribution in [1.29, 1.82) is 0 Å². The number of rotatable bonds is 7. The summed E-state index contributed by atoms with van der Waals surface area (Å²) < 4.78 is 10.8. The predicted molar refractivity (Wildman–Crippen MR) is 113 cm³/mol. The Balaban J connectivity index is 1.95. The van der Waals surface area contributed by atoms with Crippen LogP contribution in [0.25, 0.3) is 6.08 Å². The monoisotopic (exact) mass is 443 g/mol. The lowest BCUT2D eigenvalue weighted by molar-refractivity contribution is -0.123. The lowest BCUT2D eigenvalue weighted by Crippen LogP contribution is -2.54. The van der Waals surface area contributed by atoms with Gasteiger partial charge in [-0.05, 0) is 55.0 Å². The topological polar surface area (TPSA) is 128 Å². The Labute approximate surface area is 182 Å². The first-order valence-electron chi connectivity index (χ1n) is 9.15. The van der Waals surface area contributed by atoms with Crippen LogP contribution in [-0.2, 0) is 14.4 Å². The third-order valence-electron chi connectivity index (χ3n) is 4.14. The molecule has 0 aromatic heterocycles. The standard InChI is InChI=1S/C21H18ClN3O6/c1-2-30-17-10-12(3-8-16(17)31-11-18(23)26)9-15-19(27)24-21(29)25(20(15)28)14-6-4-13(22)5-7-14/h3-10H,2,11H2,1H3,(H2,23,26)(H,24,27,29)/b15-9+. The van der Waals surface area contributed by atoms with Gasteiger partial charge in [0.25, 0.3) is 17.7 Å². The van der Waals surface area contributed by atoms with Gasteiger partial charge < -0.3 is 15.2 Å². The molecule has 3 rings (SSSR count). The fourth-order valence-corrected chi connectivity index (χ4v) is 2.93. The highest BCUT2D eigenvalue weighted by atomic mass is 35.5. The Morgan fingerprint density at radius 1 is 1.10 bits per heavy atom. The number of nitrogens with zero attached hydrogens (tertiary/aromatic N) is 1. The quantitative estimate of drug-likeness (QED) is 0.499. The van der Waals surface area contributed by atoms with E-state index in [1.54, 1.807) is 13.0 Å². The Hall–Kier alpha value is -3.85. The number of urea groups is 1. The number of carbonyl (C=O) groups is 4. The fourth-order valence-electron chi connectivity index (χ4n) is 2.80. The maximum Gasteiger partial charge on any atom is 0.335 e. The summed E-state index contributed by atoms with van der Waals surface area (Å²) in [6, 6.07) is 9.79. The van der Waals surface area contributed by atoms with Gasteiger partial charge in [0.15, 0.2) is 18.1 Å². The summed E-state index contributed by atoms with van der Waals surface area (Å²) in [5.74, 6) is -1.69. The summed E-state index contributed by atoms with van der Waals surface area (Å²) in [6.45, 7) is 1.74. The minimum absolute atomic E-state index is 0.247. The molecule has 0 unspecified atom stereocenters. The third kappa shape index (κ3) is 5.01. The van der Waals surface area contributed by atoms with Crippen molar-refractivity contribution in [3.05, 3.63) is 58.6 Å². The van der Waals surface area contributed by atoms with Crippen LogP contribution in [0.3, 0.4) is 0 Å². The van der Waals surface area contributed by atoms with Crippen LogP contribution in [0, 0.1) is 0 Å². The molecule has 160 valence electrons. The van der Waals surface area contributed by atoms with E-state index in [0.717, 1.165) is 4.90 Å². The number of carbonyl (C=O) groups excluding carboxylic acids is 4. The highest BCUT2D eigenvalue weighted by Crippen LogP contribution is 2.30. The average molecular weight is 444 g/mol. The highest BCUT2D eigenvalue weighted by Gasteiger charge is 2.36. The van der Waals surface area contributed by atoms with Crippen molar-refractivity contribution < 1.29 is 28.7 Å².